The molecule has 1 aromatic carbocycles. The monoisotopic (exact) mass is 356 g/mol. The zero-order valence-electron chi connectivity index (χ0n) is 13.9. The van der Waals surface area contributed by atoms with E-state index in [1.165, 1.54) is 0 Å². The van der Waals surface area contributed by atoms with Crippen molar-refractivity contribution in [3.8, 4) is 0 Å². The zero-order chi connectivity index (χ0) is 17.2. The quantitative estimate of drug-likeness (QED) is 0.713. The lowest BCUT2D eigenvalue weighted by molar-refractivity contribution is -0.123. The molecule has 0 saturated carbocycles. The summed E-state index contributed by atoms with van der Waals surface area (Å²) in [4.78, 5) is 24.7. The summed E-state index contributed by atoms with van der Waals surface area (Å²) < 4.78 is 0. The minimum Gasteiger partial charge on any atom is -0.354 e. The smallest absolute Gasteiger partial charge is 0.253 e. The number of rotatable bonds is 9. The first-order valence-electron chi connectivity index (χ1n) is 7.77. The van der Waals surface area contributed by atoms with Gasteiger partial charge in [0.2, 0.25) is 5.91 Å². The van der Waals surface area contributed by atoms with Gasteiger partial charge in [-0.25, -0.2) is 0 Å². The third kappa shape index (κ3) is 7.27. The molecule has 0 saturated heterocycles. The summed E-state index contributed by atoms with van der Waals surface area (Å²) >= 11 is 7.68. The maximum absolute atomic E-state index is 12.3. The van der Waals surface area contributed by atoms with Crippen molar-refractivity contribution in [2.24, 2.45) is 5.92 Å². The van der Waals surface area contributed by atoms with Crippen molar-refractivity contribution in [3.63, 3.8) is 0 Å². The van der Waals surface area contributed by atoms with Gasteiger partial charge in [-0.3, -0.25) is 9.59 Å². The molecule has 0 aromatic heterocycles. The first-order valence-corrected chi connectivity index (χ1v) is 9.55. The number of nitrogens with one attached hydrogen (secondary N) is 2. The van der Waals surface area contributed by atoms with Crippen LogP contribution in [0.3, 0.4) is 0 Å². The molecule has 0 aliphatic heterocycles. The van der Waals surface area contributed by atoms with Gasteiger partial charge in [-0.05, 0) is 42.9 Å². The topological polar surface area (TPSA) is 58.2 Å². The second-order valence-electron chi connectivity index (χ2n) is 5.76. The molecule has 0 spiro atoms. The van der Waals surface area contributed by atoms with Gasteiger partial charge in [0.05, 0.1) is 10.6 Å². The molecule has 4 nitrogen and oxygen atoms in total. The number of hydrogen-bond acceptors (Lipinski definition) is 3. The van der Waals surface area contributed by atoms with E-state index in [4.69, 9.17) is 11.6 Å². The fraction of sp³-hybridized carbons (Fsp3) is 0.529. The van der Waals surface area contributed by atoms with Gasteiger partial charge < -0.3 is 10.6 Å². The van der Waals surface area contributed by atoms with E-state index in [1.54, 1.807) is 36.0 Å². The highest BCUT2D eigenvalue weighted by atomic mass is 35.5. The van der Waals surface area contributed by atoms with Crippen LogP contribution in [-0.4, -0.2) is 36.4 Å². The highest BCUT2D eigenvalue weighted by molar-refractivity contribution is 7.98. The van der Waals surface area contributed by atoms with Crippen LogP contribution in [0.2, 0.25) is 5.02 Å². The Morgan fingerprint density at radius 2 is 1.91 bits per heavy atom. The Balaban J connectivity index is 2.68. The molecule has 1 rings (SSSR count). The normalized spacial score (nSPS) is 12.0. The van der Waals surface area contributed by atoms with Crippen LogP contribution in [-0.2, 0) is 4.79 Å². The predicted octanol–water partition coefficient (Wildman–Crippen LogP) is 3.35. The van der Waals surface area contributed by atoms with Crippen LogP contribution >= 0.6 is 23.4 Å². The van der Waals surface area contributed by atoms with E-state index in [0.29, 0.717) is 29.5 Å². The van der Waals surface area contributed by atoms with Gasteiger partial charge in [-0.2, -0.15) is 11.8 Å². The van der Waals surface area contributed by atoms with Crippen molar-refractivity contribution >= 4 is 35.2 Å². The molecule has 6 heteroatoms. The number of benzene rings is 1. The van der Waals surface area contributed by atoms with Gasteiger partial charge in [0.1, 0.15) is 6.04 Å². The highest BCUT2D eigenvalue weighted by Gasteiger charge is 2.21. The molecule has 2 amide bonds. The van der Waals surface area contributed by atoms with Crippen molar-refractivity contribution in [1.29, 1.82) is 0 Å². The Morgan fingerprint density at radius 1 is 1.22 bits per heavy atom. The number of carbonyl (C=O) groups excluding carboxylic acids is 2. The maximum atomic E-state index is 12.3. The van der Waals surface area contributed by atoms with Crippen molar-refractivity contribution in [3.05, 3.63) is 34.9 Å². The minimum absolute atomic E-state index is 0.139. The third-order valence-corrected chi connectivity index (χ3v) is 4.35. The lowest BCUT2D eigenvalue weighted by Crippen LogP contribution is -2.47. The summed E-state index contributed by atoms with van der Waals surface area (Å²) in [6.07, 6.45) is 3.48. The average molecular weight is 357 g/mol. The Hall–Kier alpha value is -1.20. The van der Waals surface area contributed by atoms with E-state index >= 15 is 0 Å². The van der Waals surface area contributed by atoms with Gasteiger partial charge >= 0.3 is 0 Å². The van der Waals surface area contributed by atoms with E-state index in [2.05, 4.69) is 24.5 Å². The van der Waals surface area contributed by atoms with E-state index in [9.17, 15) is 9.59 Å². The molecule has 1 unspecified atom stereocenters. The molecule has 23 heavy (non-hydrogen) atoms. The molecule has 0 aliphatic rings. The molecule has 0 aliphatic carbocycles. The Bertz CT molecular complexity index is 523. The first-order chi connectivity index (χ1) is 11.0. The van der Waals surface area contributed by atoms with Crippen molar-refractivity contribution < 1.29 is 9.59 Å². The number of hydrogen-bond donors (Lipinski definition) is 2. The lowest BCUT2D eigenvalue weighted by atomic mass is 10.1. The number of amides is 2. The second kappa shape index (κ2) is 10.6. The van der Waals surface area contributed by atoms with Crippen LogP contribution in [0.5, 0.6) is 0 Å². The van der Waals surface area contributed by atoms with Crippen molar-refractivity contribution in [2.45, 2.75) is 32.7 Å². The summed E-state index contributed by atoms with van der Waals surface area (Å²) in [6, 6.07) is 6.29. The Labute approximate surface area is 147 Å². The van der Waals surface area contributed by atoms with Gasteiger partial charge in [0.15, 0.2) is 0 Å². The van der Waals surface area contributed by atoms with E-state index in [-0.39, 0.29) is 11.8 Å². The number of carbonyl (C=O) groups is 2. The second-order valence-corrected chi connectivity index (χ2v) is 7.15. The fourth-order valence-corrected chi connectivity index (χ4v) is 2.69. The predicted molar refractivity (Wildman–Crippen MR) is 98.2 cm³/mol. The molecule has 0 radical (unpaired) electrons. The van der Waals surface area contributed by atoms with Gasteiger partial charge in [0.25, 0.3) is 5.91 Å². The maximum Gasteiger partial charge on any atom is 0.253 e. The van der Waals surface area contributed by atoms with Crippen LogP contribution in [0.1, 0.15) is 37.0 Å². The lowest BCUT2D eigenvalue weighted by Gasteiger charge is -2.19. The zero-order valence-corrected chi connectivity index (χ0v) is 15.5. The van der Waals surface area contributed by atoms with E-state index < -0.39 is 6.04 Å². The minimum atomic E-state index is -0.543. The van der Waals surface area contributed by atoms with Crippen LogP contribution < -0.4 is 10.6 Å². The molecule has 0 fully saturated rings. The standard InChI is InChI=1S/C17H25ClN2O2S/c1-12(2)8-10-19-17(22)15(9-11-23-3)20-16(21)13-6-4-5-7-14(13)18/h4-7,12,15H,8-11H2,1-3H3,(H,19,22)(H,20,21). The average Bonchev–Trinajstić information content (AvgIpc) is 2.51. The first kappa shape index (κ1) is 19.8. The van der Waals surface area contributed by atoms with Crippen LogP contribution in [0.15, 0.2) is 24.3 Å². The summed E-state index contributed by atoms with van der Waals surface area (Å²) in [5.41, 5.74) is 0.387. The molecule has 2 N–H and O–H groups in total. The largest absolute Gasteiger partial charge is 0.354 e. The van der Waals surface area contributed by atoms with Gasteiger partial charge in [0, 0.05) is 6.54 Å². The Morgan fingerprint density at radius 3 is 2.52 bits per heavy atom. The van der Waals surface area contributed by atoms with E-state index in [0.717, 1.165) is 12.2 Å². The third-order valence-electron chi connectivity index (χ3n) is 3.37. The molecular formula is C17H25ClN2O2S. The van der Waals surface area contributed by atoms with Gasteiger partial charge in [-0.15, -0.1) is 0 Å². The van der Waals surface area contributed by atoms with E-state index in [1.807, 2.05) is 6.26 Å². The van der Waals surface area contributed by atoms with Gasteiger partial charge in [-0.1, -0.05) is 37.6 Å². The SMILES string of the molecule is CSCCC(NC(=O)c1ccccc1Cl)C(=O)NCCC(C)C. The summed E-state index contributed by atoms with van der Waals surface area (Å²) in [5, 5.41) is 6.08. The number of thioether (sulfide) groups is 1. The van der Waals surface area contributed by atoms with Crippen LogP contribution in [0, 0.1) is 5.92 Å². The highest BCUT2D eigenvalue weighted by Crippen LogP contribution is 2.15. The van der Waals surface area contributed by atoms with Crippen LogP contribution in [0.25, 0.3) is 0 Å². The number of halogens is 1. The van der Waals surface area contributed by atoms with Crippen LogP contribution in [0.4, 0.5) is 0 Å². The van der Waals surface area contributed by atoms with Crippen molar-refractivity contribution in [2.75, 3.05) is 18.6 Å². The summed E-state index contributed by atoms with van der Waals surface area (Å²) in [7, 11) is 0. The van der Waals surface area contributed by atoms with Crippen molar-refractivity contribution in [1.82, 2.24) is 10.6 Å². The Kier molecular flexibility index (Phi) is 9.10. The molecule has 1 atom stereocenters. The molecular weight excluding hydrogens is 332 g/mol. The molecule has 0 heterocycles. The molecule has 0 bridgehead atoms. The molecule has 1 aromatic rings. The summed E-state index contributed by atoms with van der Waals surface area (Å²) in [5.74, 6) is 0.865. The fourth-order valence-electron chi connectivity index (χ4n) is 1.99. The summed E-state index contributed by atoms with van der Waals surface area (Å²) in [6.45, 7) is 4.83. The molecule has 128 valence electrons.